The van der Waals surface area contributed by atoms with Crippen LogP contribution in [0.15, 0.2) is 30.3 Å². The average molecular weight is 190 g/mol. The van der Waals surface area contributed by atoms with Crippen LogP contribution in [0.1, 0.15) is 30.7 Å². The van der Waals surface area contributed by atoms with Crippen molar-refractivity contribution in [1.82, 2.24) is 0 Å². The van der Waals surface area contributed by atoms with Crippen LogP contribution in [-0.4, -0.2) is 17.2 Å². The Morgan fingerprint density at radius 1 is 1.07 bits per heavy atom. The van der Waals surface area contributed by atoms with E-state index in [1.54, 1.807) is 0 Å². The van der Waals surface area contributed by atoms with E-state index in [4.69, 9.17) is 0 Å². The van der Waals surface area contributed by atoms with Gasteiger partial charge in [0.25, 0.3) is 0 Å². The number of hydrogen-bond donors (Lipinski definition) is 2. The van der Waals surface area contributed by atoms with Crippen LogP contribution in [-0.2, 0) is 0 Å². The maximum absolute atomic E-state index is 9.24. The Labute approximate surface area is 84.7 Å². The van der Waals surface area contributed by atoms with Gasteiger partial charge in [0.15, 0.2) is 0 Å². The van der Waals surface area contributed by atoms with Crippen LogP contribution in [0, 0.1) is 0 Å². The van der Waals surface area contributed by atoms with Gasteiger partial charge in [0, 0.05) is 5.82 Å². The van der Waals surface area contributed by atoms with Gasteiger partial charge in [0.1, 0.15) is 0 Å². The zero-order valence-corrected chi connectivity index (χ0v) is 8.13. The first kappa shape index (κ1) is 9.75. The largest absolute Gasteiger partial charge is 0.455 e. The molecule has 1 aliphatic rings. The first-order valence-corrected chi connectivity index (χ1v) is 5.20. The lowest BCUT2D eigenvalue weighted by molar-refractivity contribution is 0.377. The quantitative estimate of drug-likeness (QED) is 0.698. The molecule has 1 aromatic rings. The summed E-state index contributed by atoms with van der Waals surface area (Å²) in [5.74, 6) is 0.355. The van der Waals surface area contributed by atoms with Crippen LogP contribution < -0.4 is 0 Å². The van der Waals surface area contributed by atoms with Crippen LogP contribution in [0.5, 0.6) is 0 Å². The fourth-order valence-corrected chi connectivity index (χ4v) is 2.46. The molecule has 0 bridgehead atoms. The summed E-state index contributed by atoms with van der Waals surface area (Å²) in [7, 11) is -1.16. The summed E-state index contributed by atoms with van der Waals surface area (Å²) in [6, 6.07) is 10.2. The molecule has 0 spiro atoms. The van der Waals surface area contributed by atoms with E-state index in [9.17, 15) is 10.0 Å². The van der Waals surface area contributed by atoms with E-state index in [0.29, 0.717) is 5.92 Å². The van der Waals surface area contributed by atoms with Crippen molar-refractivity contribution >= 4 is 7.12 Å². The Morgan fingerprint density at radius 2 is 1.79 bits per heavy atom. The fourth-order valence-electron chi connectivity index (χ4n) is 2.46. The van der Waals surface area contributed by atoms with E-state index in [0.717, 1.165) is 19.3 Å². The lowest BCUT2D eigenvalue weighted by Crippen LogP contribution is -2.22. The highest BCUT2D eigenvalue weighted by Gasteiger charge is 2.36. The number of benzene rings is 1. The third-order valence-electron chi connectivity index (χ3n) is 3.18. The van der Waals surface area contributed by atoms with Crippen LogP contribution in [0.4, 0.5) is 0 Å². The van der Waals surface area contributed by atoms with E-state index in [-0.39, 0.29) is 5.82 Å². The summed E-state index contributed by atoms with van der Waals surface area (Å²) < 4.78 is 0. The normalized spacial score (nSPS) is 26.4. The van der Waals surface area contributed by atoms with E-state index in [1.807, 2.05) is 18.2 Å². The number of hydrogen-bond acceptors (Lipinski definition) is 2. The van der Waals surface area contributed by atoms with E-state index < -0.39 is 7.12 Å². The Hall–Kier alpha value is -0.795. The summed E-state index contributed by atoms with van der Waals surface area (Å²) in [5.41, 5.74) is 1.24. The standard InChI is InChI=1S/C11H15BO2/c13-12(14)11-8-4-7-10(11)9-5-2-1-3-6-9/h1-3,5-6,10-11,13-14H,4,7-8H2/t10-,11+/m0/s1. The zero-order chi connectivity index (χ0) is 9.97. The van der Waals surface area contributed by atoms with Crippen molar-refractivity contribution in [3.8, 4) is 0 Å². The van der Waals surface area contributed by atoms with Gasteiger partial charge in [-0.2, -0.15) is 0 Å². The molecule has 14 heavy (non-hydrogen) atoms. The highest BCUT2D eigenvalue weighted by atomic mass is 16.4. The smallest absolute Gasteiger partial charge is 0.427 e. The monoisotopic (exact) mass is 190 g/mol. The molecule has 74 valence electrons. The van der Waals surface area contributed by atoms with Crippen molar-refractivity contribution in [2.45, 2.75) is 31.0 Å². The third kappa shape index (κ3) is 1.84. The predicted octanol–water partition coefficient (Wildman–Crippen LogP) is 1.80. The minimum absolute atomic E-state index is 0.0254. The van der Waals surface area contributed by atoms with Gasteiger partial charge >= 0.3 is 7.12 Å². The molecule has 1 aromatic carbocycles. The summed E-state index contributed by atoms with van der Waals surface area (Å²) >= 11 is 0. The fraction of sp³-hybridized carbons (Fsp3) is 0.455. The second-order valence-corrected chi connectivity index (χ2v) is 4.03. The maximum Gasteiger partial charge on any atom is 0.455 e. The SMILES string of the molecule is OB(O)[C@@H]1CCC[C@H]1c1ccccc1. The molecule has 2 nitrogen and oxygen atoms in total. The Balaban J connectivity index is 2.18. The Morgan fingerprint density at radius 3 is 2.43 bits per heavy atom. The molecular formula is C11H15BO2. The van der Waals surface area contributed by atoms with Gasteiger partial charge < -0.3 is 10.0 Å². The van der Waals surface area contributed by atoms with Gasteiger partial charge in [-0.1, -0.05) is 43.2 Å². The van der Waals surface area contributed by atoms with Crippen LogP contribution >= 0.6 is 0 Å². The highest BCUT2D eigenvalue weighted by Crippen LogP contribution is 2.44. The van der Waals surface area contributed by atoms with E-state index in [2.05, 4.69) is 12.1 Å². The van der Waals surface area contributed by atoms with Gasteiger partial charge in [-0.3, -0.25) is 0 Å². The second kappa shape index (κ2) is 4.15. The molecule has 0 heterocycles. The van der Waals surface area contributed by atoms with Crippen LogP contribution in [0.25, 0.3) is 0 Å². The lowest BCUT2D eigenvalue weighted by Gasteiger charge is -2.18. The number of rotatable bonds is 2. The highest BCUT2D eigenvalue weighted by molar-refractivity contribution is 6.43. The lowest BCUT2D eigenvalue weighted by atomic mass is 9.65. The molecule has 0 aromatic heterocycles. The summed E-state index contributed by atoms with van der Waals surface area (Å²) in [6.45, 7) is 0. The van der Waals surface area contributed by atoms with Crippen LogP contribution in [0.3, 0.4) is 0 Å². The molecule has 3 heteroatoms. The van der Waals surface area contributed by atoms with Crippen molar-refractivity contribution < 1.29 is 10.0 Å². The summed E-state index contributed by atoms with van der Waals surface area (Å²) in [5, 5.41) is 18.5. The van der Waals surface area contributed by atoms with Crippen LogP contribution in [0.2, 0.25) is 5.82 Å². The Kier molecular flexibility index (Phi) is 2.89. The molecule has 1 saturated carbocycles. The zero-order valence-electron chi connectivity index (χ0n) is 8.13. The predicted molar refractivity (Wildman–Crippen MR) is 57.0 cm³/mol. The maximum atomic E-state index is 9.24. The molecule has 2 N–H and O–H groups in total. The molecule has 0 radical (unpaired) electrons. The minimum atomic E-state index is -1.16. The van der Waals surface area contributed by atoms with E-state index >= 15 is 0 Å². The molecule has 2 atom stereocenters. The van der Waals surface area contributed by atoms with Gasteiger partial charge in [0.05, 0.1) is 0 Å². The first-order chi connectivity index (χ1) is 6.79. The van der Waals surface area contributed by atoms with Crippen molar-refractivity contribution in [2.24, 2.45) is 0 Å². The molecule has 1 fully saturated rings. The van der Waals surface area contributed by atoms with Crippen molar-refractivity contribution in [3.05, 3.63) is 35.9 Å². The Bertz CT molecular complexity index is 287. The molecule has 0 amide bonds. The second-order valence-electron chi connectivity index (χ2n) is 4.03. The molecule has 2 rings (SSSR count). The summed E-state index contributed by atoms with van der Waals surface area (Å²) in [4.78, 5) is 0. The van der Waals surface area contributed by atoms with Crippen molar-refractivity contribution in [1.29, 1.82) is 0 Å². The van der Waals surface area contributed by atoms with E-state index in [1.165, 1.54) is 5.56 Å². The minimum Gasteiger partial charge on any atom is -0.427 e. The van der Waals surface area contributed by atoms with Gasteiger partial charge in [-0.05, 0) is 17.9 Å². The third-order valence-corrected chi connectivity index (χ3v) is 3.18. The first-order valence-electron chi connectivity index (χ1n) is 5.20. The molecule has 0 aliphatic heterocycles. The molecule has 0 unspecified atom stereocenters. The van der Waals surface area contributed by atoms with Gasteiger partial charge in [-0.25, -0.2) is 0 Å². The van der Waals surface area contributed by atoms with Crippen molar-refractivity contribution in [2.75, 3.05) is 0 Å². The average Bonchev–Trinajstić information content (AvgIpc) is 2.67. The summed E-state index contributed by atoms with van der Waals surface area (Å²) in [6.07, 6.45) is 3.10. The van der Waals surface area contributed by atoms with Gasteiger partial charge in [-0.15, -0.1) is 0 Å². The molecule has 1 aliphatic carbocycles. The molecular weight excluding hydrogens is 175 g/mol. The molecule has 0 saturated heterocycles. The van der Waals surface area contributed by atoms with Gasteiger partial charge in [0.2, 0.25) is 0 Å². The van der Waals surface area contributed by atoms with Crippen molar-refractivity contribution in [3.63, 3.8) is 0 Å². The topological polar surface area (TPSA) is 40.5 Å².